The first-order chi connectivity index (χ1) is 14.4. The quantitative estimate of drug-likeness (QED) is 0.557. The molecule has 0 radical (unpaired) electrons. The van der Waals surface area contributed by atoms with Crippen molar-refractivity contribution in [3.63, 3.8) is 0 Å². The molecule has 0 saturated carbocycles. The van der Waals surface area contributed by atoms with Gasteiger partial charge in [0.2, 0.25) is 0 Å². The lowest BCUT2D eigenvalue weighted by molar-refractivity contribution is -0.137. The van der Waals surface area contributed by atoms with Gasteiger partial charge >= 0.3 is 6.18 Å². The summed E-state index contributed by atoms with van der Waals surface area (Å²) in [4.78, 5) is 12.3. The van der Waals surface area contributed by atoms with Gasteiger partial charge in [-0.1, -0.05) is 18.2 Å². The van der Waals surface area contributed by atoms with Gasteiger partial charge in [-0.3, -0.25) is 4.79 Å². The van der Waals surface area contributed by atoms with Crippen LogP contribution in [0, 0.1) is 0 Å². The van der Waals surface area contributed by atoms with Gasteiger partial charge in [0.15, 0.2) is 0 Å². The zero-order valence-corrected chi connectivity index (χ0v) is 16.1. The maximum Gasteiger partial charge on any atom is 0.416 e. The summed E-state index contributed by atoms with van der Waals surface area (Å²) in [5.74, 6) is 0.445. The van der Waals surface area contributed by atoms with Crippen LogP contribution in [0.25, 0.3) is 0 Å². The number of amides is 1. The van der Waals surface area contributed by atoms with Crippen LogP contribution in [0.15, 0.2) is 66.7 Å². The van der Waals surface area contributed by atoms with Gasteiger partial charge < -0.3 is 10.1 Å². The molecule has 6 heteroatoms. The molecule has 0 spiro atoms. The average molecular weight is 411 g/mol. The third-order valence-electron chi connectivity index (χ3n) is 5.16. The fraction of sp³-hybridized carbons (Fsp3) is 0.208. The van der Waals surface area contributed by atoms with Crippen molar-refractivity contribution in [2.45, 2.75) is 32.0 Å². The highest BCUT2D eigenvalue weighted by Gasteiger charge is 2.30. The lowest BCUT2D eigenvalue weighted by Crippen LogP contribution is -2.12. The Kier molecular flexibility index (Phi) is 5.48. The SMILES string of the molecule is O=C(Nc1ccc(C(F)(F)F)cc1)c1ccc(COc2ccc3c(c2)CCC3)cc1. The van der Waals surface area contributed by atoms with Crippen LogP contribution in [-0.2, 0) is 25.6 Å². The maximum atomic E-state index is 12.6. The summed E-state index contributed by atoms with van der Waals surface area (Å²) in [6.45, 7) is 0.388. The Morgan fingerprint density at radius 3 is 2.30 bits per heavy atom. The molecule has 0 atom stereocenters. The van der Waals surface area contributed by atoms with Crippen LogP contribution in [-0.4, -0.2) is 5.91 Å². The minimum Gasteiger partial charge on any atom is -0.489 e. The Morgan fingerprint density at radius 1 is 0.900 bits per heavy atom. The first-order valence-corrected chi connectivity index (χ1v) is 9.71. The van der Waals surface area contributed by atoms with E-state index in [1.807, 2.05) is 6.07 Å². The first-order valence-electron chi connectivity index (χ1n) is 9.71. The van der Waals surface area contributed by atoms with E-state index in [0.29, 0.717) is 17.9 Å². The third kappa shape index (κ3) is 4.64. The molecule has 0 aliphatic heterocycles. The van der Waals surface area contributed by atoms with E-state index in [-0.39, 0.29) is 5.91 Å². The Hall–Kier alpha value is -3.28. The molecule has 0 heterocycles. The number of alkyl halides is 3. The molecule has 1 amide bonds. The van der Waals surface area contributed by atoms with Crippen molar-refractivity contribution >= 4 is 11.6 Å². The molecular weight excluding hydrogens is 391 g/mol. The van der Waals surface area contributed by atoms with Gasteiger partial charge in [-0.15, -0.1) is 0 Å². The van der Waals surface area contributed by atoms with Crippen molar-refractivity contribution in [3.05, 3.63) is 94.5 Å². The van der Waals surface area contributed by atoms with Crippen LogP contribution < -0.4 is 10.1 Å². The number of carbonyl (C=O) groups is 1. The Labute approximate surface area is 172 Å². The monoisotopic (exact) mass is 411 g/mol. The number of ether oxygens (including phenoxy) is 1. The second-order valence-corrected chi connectivity index (χ2v) is 7.30. The largest absolute Gasteiger partial charge is 0.489 e. The first kappa shape index (κ1) is 20.0. The van der Waals surface area contributed by atoms with Crippen molar-refractivity contribution in [2.24, 2.45) is 0 Å². The highest BCUT2D eigenvalue weighted by molar-refractivity contribution is 6.04. The molecule has 0 aromatic heterocycles. The van der Waals surface area contributed by atoms with Gasteiger partial charge in [-0.05, 0) is 84.5 Å². The molecule has 30 heavy (non-hydrogen) atoms. The zero-order valence-electron chi connectivity index (χ0n) is 16.1. The molecule has 1 N–H and O–H groups in total. The van der Waals surface area contributed by atoms with Gasteiger partial charge in [0.05, 0.1) is 5.56 Å². The molecule has 3 nitrogen and oxygen atoms in total. The molecule has 3 aromatic rings. The maximum absolute atomic E-state index is 12.6. The van der Waals surface area contributed by atoms with E-state index in [0.717, 1.165) is 36.3 Å². The molecule has 4 rings (SSSR count). The van der Waals surface area contributed by atoms with Crippen molar-refractivity contribution in [1.82, 2.24) is 0 Å². The normalized spacial score (nSPS) is 13.0. The van der Waals surface area contributed by atoms with Crippen LogP contribution in [0.3, 0.4) is 0 Å². The van der Waals surface area contributed by atoms with Gasteiger partial charge in [-0.2, -0.15) is 13.2 Å². The minimum absolute atomic E-state index is 0.303. The lowest BCUT2D eigenvalue weighted by atomic mass is 10.1. The zero-order chi connectivity index (χ0) is 21.1. The smallest absolute Gasteiger partial charge is 0.416 e. The summed E-state index contributed by atoms with van der Waals surface area (Å²) in [7, 11) is 0. The van der Waals surface area contributed by atoms with Crippen molar-refractivity contribution in [2.75, 3.05) is 5.32 Å². The predicted octanol–water partition coefficient (Wildman–Crippen LogP) is 6.03. The van der Waals surface area contributed by atoms with Crippen LogP contribution in [0.2, 0.25) is 0 Å². The second-order valence-electron chi connectivity index (χ2n) is 7.30. The highest BCUT2D eigenvalue weighted by atomic mass is 19.4. The summed E-state index contributed by atoms with van der Waals surface area (Å²) in [5, 5.41) is 2.60. The summed E-state index contributed by atoms with van der Waals surface area (Å²) in [6.07, 6.45) is -0.990. The highest BCUT2D eigenvalue weighted by Crippen LogP contribution is 2.30. The molecule has 154 valence electrons. The Bertz CT molecular complexity index is 1040. The molecular formula is C24H20F3NO2. The molecule has 0 saturated heterocycles. The molecule has 0 bridgehead atoms. The van der Waals surface area contributed by atoms with Gasteiger partial charge in [0.25, 0.3) is 5.91 Å². The molecule has 1 aliphatic rings. The van der Waals surface area contributed by atoms with Gasteiger partial charge in [0, 0.05) is 11.3 Å². The number of rotatable bonds is 5. The molecule has 0 fully saturated rings. The fourth-order valence-electron chi connectivity index (χ4n) is 3.50. The van der Waals surface area contributed by atoms with E-state index in [1.54, 1.807) is 24.3 Å². The van der Waals surface area contributed by atoms with Crippen LogP contribution >= 0.6 is 0 Å². The third-order valence-corrected chi connectivity index (χ3v) is 5.16. The number of benzene rings is 3. The molecule has 0 unspecified atom stereocenters. The predicted molar refractivity (Wildman–Crippen MR) is 109 cm³/mol. The van der Waals surface area contributed by atoms with E-state index >= 15 is 0 Å². The average Bonchev–Trinajstić information content (AvgIpc) is 3.20. The van der Waals surface area contributed by atoms with Gasteiger partial charge in [-0.25, -0.2) is 0 Å². The van der Waals surface area contributed by atoms with Crippen molar-refractivity contribution < 1.29 is 22.7 Å². The van der Waals surface area contributed by atoms with E-state index in [2.05, 4.69) is 17.4 Å². The van der Waals surface area contributed by atoms with Crippen molar-refractivity contribution in [1.29, 1.82) is 0 Å². The van der Waals surface area contributed by atoms with Crippen LogP contribution in [0.5, 0.6) is 5.75 Å². The topological polar surface area (TPSA) is 38.3 Å². The lowest BCUT2D eigenvalue weighted by Gasteiger charge is -2.10. The summed E-state index contributed by atoms with van der Waals surface area (Å²) in [5.41, 5.74) is 3.62. The van der Waals surface area contributed by atoms with Crippen molar-refractivity contribution in [3.8, 4) is 5.75 Å². The van der Waals surface area contributed by atoms with E-state index in [1.165, 1.54) is 29.7 Å². The molecule has 1 aliphatic carbocycles. The number of carbonyl (C=O) groups excluding carboxylic acids is 1. The number of nitrogens with one attached hydrogen (secondary N) is 1. The second kappa shape index (κ2) is 8.22. The molecule has 3 aromatic carbocycles. The Morgan fingerprint density at radius 2 is 1.60 bits per heavy atom. The van der Waals surface area contributed by atoms with E-state index in [4.69, 9.17) is 4.74 Å². The van der Waals surface area contributed by atoms with Crippen LogP contribution in [0.1, 0.15) is 39.0 Å². The summed E-state index contributed by atoms with van der Waals surface area (Å²) in [6, 6.07) is 17.5. The van der Waals surface area contributed by atoms with Crippen LogP contribution in [0.4, 0.5) is 18.9 Å². The minimum atomic E-state index is -4.40. The van der Waals surface area contributed by atoms with E-state index in [9.17, 15) is 18.0 Å². The van der Waals surface area contributed by atoms with Gasteiger partial charge in [0.1, 0.15) is 12.4 Å². The number of hydrogen-bond acceptors (Lipinski definition) is 2. The number of hydrogen-bond donors (Lipinski definition) is 1. The number of halogens is 3. The standard InChI is InChI=1S/C24H20F3NO2/c25-24(26,27)20-9-11-21(12-10-20)28-23(29)18-6-4-16(5-7-18)15-30-22-13-8-17-2-1-3-19(17)14-22/h4-14H,1-3,15H2,(H,28,29). The number of aryl methyl sites for hydroxylation is 2. The number of anilines is 1. The summed E-state index contributed by atoms with van der Waals surface area (Å²) >= 11 is 0. The number of fused-ring (bicyclic) bond motifs is 1. The Balaban J connectivity index is 1.34. The fourth-order valence-corrected chi connectivity index (χ4v) is 3.50. The summed E-state index contributed by atoms with van der Waals surface area (Å²) < 4.78 is 43.7. The van der Waals surface area contributed by atoms with E-state index < -0.39 is 11.7 Å².